The second-order valence-corrected chi connectivity index (χ2v) is 5.62. The van der Waals surface area contributed by atoms with Crippen molar-refractivity contribution < 1.29 is 9.53 Å². The number of cyclic esters (lactones) is 1. The maximum Gasteiger partial charge on any atom is 0.310 e. The largest absolute Gasteiger partial charge is 0.460 e. The lowest BCUT2D eigenvalue weighted by Crippen LogP contribution is -2.30. The molecule has 0 radical (unpaired) electrons. The number of carbonyl (C=O) groups is 1. The van der Waals surface area contributed by atoms with Gasteiger partial charge in [-0.05, 0) is 23.8 Å². The van der Waals surface area contributed by atoms with Crippen molar-refractivity contribution >= 4 is 16.9 Å². The first-order valence-corrected chi connectivity index (χ1v) is 7.37. The smallest absolute Gasteiger partial charge is 0.310 e. The Balaban J connectivity index is 1.93. The Labute approximate surface area is 132 Å². The van der Waals surface area contributed by atoms with E-state index in [0.29, 0.717) is 17.0 Å². The molecule has 0 spiro atoms. The van der Waals surface area contributed by atoms with E-state index in [9.17, 15) is 9.59 Å². The zero-order valence-electron chi connectivity index (χ0n) is 12.6. The van der Waals surface area contributed by atoms with Crippen molar-refractivity contribution in [2.75, 3.05) is 0 Å². The lowest BCUT2D eigenvalue weighted by atomic mass is 10.0. The van der Waals surface area contributed by atoms with Crippen LogP contribution in [0.5, 0.6) is 0 Å². The average molecular weight is 306 g/mol. The predicted molar refractivity (Wildman–Crippen MR) is 85.9 cm³/mol. The van der Waals surface area contributed by atoms with Crippen LogP contribution in [0.3, 0.4) is 0 Å². The highest BCUT2D eigenvalue weighted by molar-refractivity contribution is 5.81. The summed E-state index contributed by atoms with van der Waals surface area (Å²) in [6.07, 6.45) is 0.131. The van der Waals surface area contributed by atoms with E-state index in [1.54, 1.807) is 11.6 Å². The molecule has 0 bridgehead atoms. The van der Waals surface area contributed by atoms with E-state index >= 15 is 0 Å². The third-order valence-electron chi connectivity index (χ3n) is 4.20. The van der Waals surface area contributed by atoms with Crippen LogP contribution in [0.25, 0.3) is 22.3 Å². The molecule has 23 heavy (non-hydrogen) atoms. The lowest BCUT2D eigenvalue weighted by molar-refractivity contribution is -0.145. The summed E-state index contributed by atoms with van der Waals surface area (Å²) in [6, 6.07) is 13.6. The van der Waals surface area contributed by atoms with E-state index in [-0.39, 0.29) is 24.6 Å². The molecule has 0 aliphatic carbocycles. The number of esters is 1. The molecule has 1 aromatic carbocycles. The maximum atomic E-state index is 12.5. The maximum absolute atomic E-state index is 12.5. The van der Waals surface area contributed by atoms with Gasteiger partial charge in [0.05, 0.1) is 28.9 Å². The van der Waals surface area contributed by atoms with Gasteiger partial charge in [-0.1, -0.05) is 24.3 Å². The number of hydrogen-bond acceptors (Lipinski definition) is 4. The molecular weight excluding hydrogens is 292 g/mol. The summed E-state index contributed by atoms with van der Waals surface area (Å²) in [4.78, 5) is 28.7. The zero-order valence-corrected chi connectivity index (χ0v) is 12.6. The Bertz CT molecular complexity index is 1000. The quantitative estimate of drug-likeness (QED) is 0.647. The van der Waals surface area contributed by atoms with Gasteiger partial charge in [0.2, 0.25) is 0 Å². The highest BCUT2D eigenvalue weighted by Crippen LogP contribution is 2.23. The van der Waals surface area contributed by atoms with Crippen molar-refractivity contribution in [3.05, 3.63) is 63.9 Å². The Morgan fingerprint density at radius 2 is 1.96 bits per heavy atom. The number of aromatic nitrogens is 2. The summed E-state index contributed by atoms with van der Waals surface area (Å²) in [7, 11) is 1.71. The molecule has 4 rings (SSSR count). The molecule has 0 saturated carbocycles. The van der Waals surface area contributed by atoms with Gasteiger partial charge in [0.15, 0.2) is 0 Å². The van der Waals surface area contributed by atoms with Gasteiger partial charge in [0, 0.05) is 12.4 Å². The lowest BCUT2D eigenvalue weighted by Gasteiger charge is -2.18. The molecule has 0 atom stereocenters. The van der Waals surface area contributed by atoms with Crippen LogP contribution >= 0.6 is 0 Å². The molecule has 3 heterocycles. The van der Waals surface area contributed by atoms with Gasteiger partial charge in [-0.25, -0.2) is 4.98 Å². The van der Waals surface area contributed by atoms with Crippen molar-refractivity contribution in [2.45, 2.75) is 13.0 Å². The van der Waals surface area contributed by atoms with Gasteiger partial charge < -0.3 is 9.30 Å². The molecule has 0 fully saturated rings. The summed E-state index contributed by atoms with van der Waals surface area (Å²) in [6.45, 7) is 0.0479. The van der Waals surface area contributed by atoms with Crippen molar-refractivity contribution in [3.63, 3.8) is 0 Å². The molecule has 114 valence electrons. The van der Waals surface area contributed by atoms with E-state index in [1.165, 1.54) is 0 Å². The second kappa shape index (κ2) is 5.05. The number of hydrogen-bond donors (Lipinski definition) is 0. The van der Waals surface area contributed by atoms with Crippen molar-refractivity contribution in [2.24, 2.45) is 7.05 Å². The van der Waals surface area contributed by atoms with Gasteiger partial charge in [-0.3, -0.25) is 9.59 Å². The number of carbonyl (C=O) groups excluding carboxylic acids is 1. The zero-order chi connectivity index (χ0) is 16.0. The van der Waals surface area contributed by atoms with Crippen LogP contribution in [-0.4, -0.2) is 15.5 Å². The van der Waals surface area contributed by atoms with Crippen LogP contribution in [0.4, 0.5) is 0 Å². The number of nitrogens with zero attached hydrogens (tertiary/aromatic N) is 2. The summed E-state index contributed by atoms with van der Waals surface area (Å²) < 4.78 is 6.54. The second-order valence-electron chi connectivity index (χ2n) is 5.62. The first kappa shape index (κ1) is 13.7. The molecule has 0 N–H and O–H groups in total. The Morgan fingerprint density at radius 1 is 1.13 bits per heavy atom. The fourth-order valence-electron chi connectivity index (χ4n) is 2.92. The van der Waals surface area contributed by atoms with Crippen LogP contribution in [0.15, 0.2) is 47.3 Å². The normalized spacial score (nSPS) is 13.7. The van der Waals surface area contributed by atoms with E-state index in [0.717, 1.165) is 16.5 Å². The molecule has 0 unspecified atom stereocenters. The highest BCUT2D eigenvalue weighted by Gasteiger charge is 2.22. The van der Waals surface area contributed by atoms with Gasteiger partial charge in [-0.15, -0.1) is 0 Å². The van der Waals surface area contributed by atoms with Gasteiger partial charge in [0.25, 0.3) is 5.56 Å². The van der Waals surface area contributed by atoms with Gasteiger partial charge in [-0.2, -0.15) is 0 Å². The van der Waals surface area contributed by atoms with E-state index in [2.05, 4.69) is 4.98 Å². The first-order chi connectivity index (χ1) is 11.1. The molecule has 1 aliphatic heterocycles. The minimum atomic E-state index is -0.303. The minimum absolute atomic E-state index is 0.0479. The Kier molecular flexibility index (Phi) is 3.01. The highest BCUT2D eigenvalue weighted by atomic mass is 16.5. The van der Waals surface area contributed by atoms with Gasteiger partial charge >= 0.3 is 5.97 Å². The van der Waals surface area contributed by atoms with Gasteiger partial charge in [0.1, 0.15) is 6.61 Å². The third kappa shape index (κ3) is 2.21. The first-order valence-electron chi connectivity index (χ1n) is 7.37. The topological polar surface area (TPSA) is 61.2 Å². The molecule has 5 heteroatoms. The monoisotopic (exact) mass is 306 g/mol. The summed E-state index contributed by atoms with van der Waals surface area (Å²) in [5.41, 5.74) is 3.43. The van der Waals surface area contributed by atoms with E-state index in [4.69, 9.17) is 4.74 Å². The van der Waals surface area contributed by atoms with Crippen LogP contribution in [0.1, 0.15) is 11.1 Å². The van der Waals surface area contributed by atoms with Crippen LogP contribution in [0.2, 0.25) is 0 Å². The third-order valence-corrected chi connectivity index (χ3v) is 4.20. The minimum Gasteiger partial charge on any atom is -0.460 e. The molecule has 2 aromatic heterocycles. The SMILES string of the molecule is Cn1c(-c2ccc3ccccc3n2)cc2c(c1=O)COC(=O)C2. The van der Waals surface area contributed by atoms with E-state index in [1.807, 2.05) is 42.5 Å². The fourth-order valence-corrected chi connectivity index (χ4v) is 2.92. The molecular formula is C18H14N2O3. The number of para-hydroxylation sites is 1. The fraction of sp³-hybridized carbons (Fsp3) is 0.167. The Hall–Kier alpha value is -2.95. The van der Waals surface area contributed by atoms with E-state index < -0.39 is 0 Å². The molecule has 5 nitrogen and oxygen atoms in total. The number of fused-ring (bicyclic) bond motifs is 2. The summed E-state index contributed by atoms with van der Waals surface area (Å²) >= 11 is 0. The summed E-state index contributed by atoms with van der Waals surface area (Å²) in [5.74, 6) is -0.303. The molecule has 3 aromatic rings. The Morgan fingerprint density at radius 3 is 2.83 bits per heavy atom. The van der Waals surface area contributed by atoms with Crippen molar-refractivity contribution in [1.82, 2.24) is 9.55 Å². The number of rotatable bonds is 1. The number of ether oxygens (including phenoxy) is 1. The molecule has 0 saturated heterocycles. The molecule has 0 amide bonds. The van der Waals surface area contributed by atoms with Crippen molar-refractivity contribution in [1.29, 1.82) is 0 Å². The van der Waals surface area contributed by atoms with Crippen LogP contribution < -0.4 is 5.56 Å². The number of benzene rings is 1. The molecule has 1 aliphatic rings. The predicted octanol–water partition coefficient (Wildman–Crippen LogP) is 2.20. The van der Waals surface area contributed by atoms with Crippen LogP contribution in [0, 0.1) is 0 Å². The standard InChI is InChI=1S/C18H14N2O3/c1-20-16(8-12-9-17(21)23-10-13(12)18(20)22)15-7-6-11-4-2-3-5-14(11)19-15/h2-8H,9-10H2,1H3. The van der Waals surface area contributed by atoms with Crippen molar-refractivity contribution in [3.8, 4) is 11.4 Å². The van der Waals surface area contributed by atoms with Crippen LogP contribution in [-0.2, 0) is 29.6 Å². The average Bonchev–Trinajstić information content (AvgIpc) is 2.57. The summed E-state index contributed by atoms with van der Waals surface area (Å²) in [5, 5.41) is 1.04. The number of pyridine rings is 2.